The number of ether oxygens (including phenoxy) is 3. The molecule has 6 nitrogen and oxygen atoms in total. The minimum Gasteiger partial charge on any atom is -0.454 e. The maximum absolute atomic E-state index is 12.7. The molecular weight excluding hydrogens is 332 g/mol. The molecule has 1 aromatic rings. The van der Waals surface area contributed by atoms with Crippen LogP contribution in [-0.2, 0) is 16.0 Å². The Kier molecular flexibility index (Phi) is 6.04. The summed E-state index contributed by atoms with van der Waals surface area (Å²) in [5.41, 5.74) is 1.33. The van der Waals surface area contributed by atoms with Crippen LogP contribution in [0.25, 0.3) is 0 Å². The van der Waals surface area contributed by atoms with Gasteiger partial charge in [-0.2, -0.15) is 0 Å². The number of likely N-dealkylation sites (N-methyl/N-ethyl adjacent to an activating group) is 1. The third-order valence-corrected chi connectivity index (χ3v) is 5.28. The number of methoxy groups -OCH3 is 1. The molecule has 0 bridgehead atoms. The van der Waals surface area contributed by atoms with Crippen molar-refractivity contribution in [3.63, 3.8) is 0 Å². The van der Waals surface area contributed by atoms with E-state index in [0.717, 1.165) is 50.4 Å². The zero-order valence-electron chi connectivity index (χ0n) is 16.1. The van der Waals surface area contributed by atoms with Crippen molar-refractivity contribution < 1.29 is 19.0 Å². The second-order valence-corrected chi connectivity index (χ2v) is 7.82. The van der Waals surface area contributed by atoms with Gasteiger partial charge in [0.25, 0.3) is 0 Å². The molecule has 1 unspecified atom stereocenters. The van der Waals surface area contributed by atoms with Crippen LogP contribution in [0.15, 0.2) is 18.2 Å². The maximum atomic E-state index is 12.7. The normalized spacial score (nSPS) is 22.1. The van der Waals surface area contributed by atoms with Gasteiger partial charge in [-0.3, -0.25) is 9.69 Å². The Bertz CT molecular complexity index is 636. The van der Waals surface area contributed by atoms with Gasteiger partial charge in [0.1, 0.15) is 0 Å². The number of carbonyl (C=O) groups is 1. The minimum absolute atomic E-state index is 0.0900. The van der Waals surface area contributed by atoms with Gasteiger partial charge in [-0.15, -0.1) is 0 Å². The van der Waals surface area contributed by atoms with Crippen LogP contribution in [0.5, 0.6) is 11.5 Å². The average Bonchev–Trinajstić information content (AvgIpc) is 3.07. The maximum Gasteiger partial charge on any atom is 0.236 e. The first-order valence-corrected chi connectivity index (χ1v) is 9.33. The fourth-order valence-electron chi connectivity index (χ4n) is 3.87. The first kappa shape index (κ1) is 19.0. The quantitative estimate of drug-likeness (QED) is 0.744. The molecule has 0 saturated carbocycles. The predicted molar refractivity (Wildman–Crippen MR) is 99.6 cm³/mol. The standard InChI is InChI=1S/C20H30N2O4/c1-20(12-16-5-6-17-18(11-16)26-15-25-17)7-4-8-22(14-20)19(23)13-21(2)9-10-24-3/h5-6,11H,4,7-10,12-15H2,1-3H3. The number of rotatable bonds is 7. The second-order valence-electron chi connectivity index (χ2n) is 7.82. The van der Waals surface area contributed by atoms with E-state index >= 15 is 0 Å². The number of carbonyl (C=O) groups excluding carboxylic acids is 1. The zero-order chi connectivity index (χ0) is 18.6. The van der Waals surface area contributed by atoms with Gasteiger partial charge in [-0.25, -0.2) is 0 Å². The van der Waals surface area contributed by atoms with Crippen LogP contribution >= 0.6 is 0 Å². The summed E-state index contributed by atoms with van der Waals surface area (Å²) in [6.07, 6.45) is 3.12. The van der Waals surface area contributed by atoms with E-state index in [4.69, 9.17) is 14.2 Å². The lowest BCUT2D eigenvalue weighted by atomic mass is 9.77. The third-order valence-electron chi connectivity index (χ3n) is 5.28. The van der Waals surface area contributed by atoms with E-state index in [2.05, 4.69) is 19.1 Å². The summed E-state index contributed by atoms with van der Waals surface area (Å²) in [4.78, 5) is 16.7. The summed E-state index contributed by atoms with van der Waals surface area (Å²) >= 11 is 0. The minimum atomic E-state index is 0.0900. The molecule has 0 radical (unpaired) electrons. The van der Waals surface area contributed by atoms with Crippen molar-refractivity contribution in [1.29, 1.82) is 0 Å². The molecule has 0 aliphatic carbocycles. The Morgan fingerprint density at radius 1 is 1.35 bits per heavy atom. The Balaban J connectivity index is 1.58. The first-order chi connectivity index (χ1) is 12.5. The number of benzene rings is 1. The van der Waals surface area contributed by atoms with Gasteiger partial charge in [0, 0.05) is 26.7 Å². The van der Waals surface area contributed by atoms with Crippen molar-refractivity contribution in [3.05, 3.63) is 23.8 Å². The van der Waals surface area contributed by atoms with Crippen molar-refractivity contribution >= 4 is 5.91 Å². The van der Waals surface area contributed by atoms with Crippen molar-refractivity contribution in [2.24, 2.45) is 5.41 Å². The third kappa shape index (κ3) is 4.68. The van der Waals surface area contributed by atoms with Crippen molar-refractivity contribution in [2.45, 2.75) is 26.2 Å². The van der Waals surface area contributed by atoms with Crippen LogP contribution < -0.4 is 9.47 Å². The van der Waals surface area contributed by atoms with Crippen LogP contribution in [0.2, 0.25) is 0 Å². The van der Waals surface area contributed by atoms with Crippen LogP contribution in [0.1, 0.15) is 25.3 Å². The molecule has 144 valence electrons. The number of nitrogens with zero attached hydrogens (tertiary/aromatic N) is 2. The second kappa shape index (κ2) is 8.27. The number of hydrogen-bond donors (Lipinski definition) is 0. The highest BCUT2D eigenvalue weighted by Gasteiger charge is 2.33. The van der Waals surface area contributed by atoms with Gasteiger partial charge in [0.15, 0.2) is 11.5 Å². The van der Waals surface area contributed by atoms with Gasteiger partial charge >= 0.3 is 0 Å². The van der Waals surface area contributed by atoms with Gasteiger partial charge in [0.2, 0.25) is 12.7 Å². The van der Waals surface area contributed by atoms with E-state index < -0.39 is 0 Å². The van der Waals surface area contributed by atoms with E-state index in [-0.39, 0.29) is 11.3 Å². The largest absolute Gasteiger partial charge is 0.454 e. The van der Waals surface area contributed by atoms with Crippen molar-refractivity contribution in [2.75, 3.05) is 53.7 Å². The smallest absolute Gasteiger partial charge is 0.236 e. The Morgan fingerprint density at radius 3 is 2.96 bits per heavy atom. The lowest BCUT2D eigenvalue weighted by Gasteiger charge is -2.41. The van der Waals surface area contributed by atoms with E-state index in [1.54, 1.807) is 7.11 Å². The lowest BCUT2D eigenvalue weighted by Crippen LogP contribution is -2.48. The van der Waals surface area contributed by atoms with Crippen LogP contribution in [0.3, 0.4) is 0 Å². The number of amides is 1. The molecule has 1 atom stereocenters. The molecule has 0 aromatic heterocycles. The molecule has 26 heavy (non-hydrogen) atoms. The lowest BCUT2D eigenvalue weighted by molar-refractivity contribution is -0.135. The first-order valence-electron chi connectivity index (χ1n) is 9.33. The summed E-state index contributed by atoms with van der Waals surface area (Å²) in [6.45, 7) is 6.10. The summed E-state index contributed by atoms with van der Waals surface area (Å²) in [7, 11) is 3.65. The highest BCUT2D eigenvalue weighted by Crippen LogP contribution is 2.37. The summed E-state index contributed by atoms with van der Waals surface area (Å²) in [5, 5.41) is 0. The van der Waals surface area contributed by atoms with E-state index in [0.29, 0.717) is 19.9 Å². The van der Waals surface area contributed by atoms with E-state index in [1.807, 2.05) is 22.9 Å². The topological polar surface area (TPSA) is 51.2 Å². The molecule has 2 aliphatic rings. The molecule has 2 aliphatic heterocycles. The van der Waals surface area contributed by atoms with Crippen LogP contribution in [-0.4, -0.2) is 69.4 Å². The van der Waals surface area contributed by atoms with Crippen LogP contribution in [0.4, 0.5) is 0 Å². The Hall–Kier alpha value is -1.79. The molecule has 6 heteroatoms. The number of fused-ring (bicyclic) bond motifs is 1. The van der Waals surface area contributed by atoms with Crippen molar-refractivity contribution in [3.8, 4) is 11.5 Å². The van der Waals surface area contributed by atoms with E-state index in [9.17, 15) is 4.79 Å². The Labute approximate surface area is 156 Å². The molecule has 0 N–H and O–H groups in total. The molecule has 0 spiro atoms. The van der Waals surface area contributed by atoms with Crippen LogP contribution in [0, 0.1) is 5.41 Å². The van der Waals surface area contributed by atoms with E-state index in [1.165, 1.54) is 5.56 Å². The summed E-state index contributed by atoms with van der Waals surface area (Å²) in [6, 6.07) is 6.17. The monoisotopic (exact) mass is 362 g/mol. The summed E-state index contributed by atoms with van der Waals surface area (Å²) < 4.78 is 16.0. The average molecular weight is 362 g/mol. The van der Waals surface area contributed by atoms with Gasteiger partial charge in [0.05, 0.1) is 13.2 Å². The molecule has 1 saturated heterocycles. The number of piperidine rings is 1. The molecule has 1 fully saturated rings. The zero-order valence-corrected chi connectivity index (χ0v) is 16.1. The molecular formula is C20H30N2O4. The summed E-state index contributed by atoms with van der Waals surface area (Å²) in [5.74, 6) is 1.85. The Morgan fingerprint density at radius 2 is 2.15 bits per heavy atom. The fraction of sp³-hybridized carbons (Fsp3) is 0.650. The molecule has 3 rings (SSSR count). The molecule has 2 heterocycles. The highest BCUT2D eigenvalue weighted by molar-refractivity contribution is 5.78. The van der Waals surface area contributed by atoms with Gasteiger partial charge in [-0.1, -0.05) is 13.0 Å². The van der Waals surface area contributed by atoms with Gasteiger partial charge < -0.3 is 19.1 Å². The highest BCUT2D eigenvalue weighted by atomic mass is 16.7. The molecule has 1 aromatic carbocycles. The fourth-order valence-corrected chi connectivity index (χ4v) is 3.87. The predicted octanol–water partition coefficient (Wildman–Crippen LogP) is 2.16. The molecule has 1 amide bonds. The number of hydrogen-bond acceptors (Lipinski definition) is 5. The number of likely N-dealkylation sites (tertiary alicyclic amines) is 1. The SMILES string of the molecule is COCCN(C)CC(=O)N1CCCC(C)(Cc2ccc3c(c2)OCO3)C1. The van der Waals surface area contributed by atoms with Gasteiger partial charge in [-0.05, 0) is 49.4 Å². The van der Waals surface area contributed by atoms with Crippen molar-refractivity contribution in [1.82, 2.24) is 9.80 Å².